The fourth-order valence-corrected chi connectivity index (χ4v) is 4.25. The molecule has 0 N–H and O–H groups in total. The van der Waals surface area contributed by atoms with Crippen LogP contribution in [-0.4, -0.2) is 5.78 Å². The lowest BCUT2D eigenvalue weighted by Gasteiger charge is -2.20. The minimum Gasteiger partial charge on any atom is -0.289 e. The first-order valence-electron chi connectivity index (χ1n) is 9.46. The van der Waals surface area contributed by atoms with Crippen molar-refractivity contribution >= 4 is 16.6 Å². The van der Waals surface area contributed by atoms with Crippen LogP contribution in [0.1, 0.15) is 55.1 Å². The highest BCUT2D eigenvalue weighted by Gasteiger charge is 2.29. The zero-order chi connectivity index (χ0) is 19.1. The predicted molar refractivity (Wildman–Crippen MR) is 113 cm³/mol. The SMILES string of the molecule is CC1=C(C)C(c2cc3ccccc3cc2C(=O)c2ccccc2)C(C)=C1C. The molecular weight excluding hydrogens is 328 g/mol. The van der Waals surface area contributed by atoms with Gasteiger partial charge in [0.1, 0.15) is 0 Å². The van der Waals surface area contributed by atoms with E-state index < -0.39 is 0 Å². The summed E-state index contributed by atoms with van der Waals surface area (Å²) in [4.78, 5) is 13.4. The third-order valence-corrected chi connectivity index (χ3v) is 6.12. The Morgan fingerprint density at radius 2 is 1.22 bits per heavy atom. The van der Waals surface area contributed by atoms with E-state index in [0.717, 1.165) is 22.1 Å². The van der Waals surface area contributed by atoms with Gasteiger partial charge in [-0.15, -0.1) is 0 Å². The van der Waals surface area contributed by atoms with Gasteiger partial charge in [0.2, 0.25) is 0 Å². The average molecular weight is 352 g/mol. The van der Waals surface area contributed by atoms with Crippen LogP contribution >= 0.6 is 0 Å². The van der Waals surface area contributed by atoms with Crippen molar-refractivity contribution in [2.45, 2.75) is 33.6 Å². The lowest BCUT2D eigenvalue weighted by Crippen LogP contribution is -2.10. The first kappa shape index (κ1) is 17.5. The topological polar surface area (TPSA) is 17.1 Å². The molecule has 134 valence electrons. The van der Waals surface area contributed by atoms with Crippen molar-refractivity contribution in [3.05, 3.63) is 106 Å². The van der Waals surface area contributed by atoms with Gasteiger partial charge in [-0.3, -0.25) is 4.79 Å². The molecule has 0 aliphatic heterocycles. The van der Waals surface area contributed by atoms with Crippen molar-refractivity contribution < 1.29 is 4.79 Å². The maximum atomic E-state index is 13.4. The van der Waals surface area contributed by atoms with E-state index in [9.17, 15) is 4.79 Å². The van der Waals surface area contributed by atoms with Crippen LogP contribution in [0.4, 0.5) is 0 Å². The lowest BCUT2D eigenvalue weighted by atomic mass is 9.82. The van der Waals surface area contributed by atoms with Crippen molar-refractivity contribution in [3.63, 3.8) is 0 Å². The maximum Gasteiger partial charge on any atom is 0.193 e. The number of allylic oxidation sites excluding steroid dienone is 4. The van der Waals surface area contributed by atoms with Crippen LogP contribution < -0.4 is 0 Å². The zero-order valence-corrected chi connectivity index (χ0v) is 16.3. The molecule has 0 bridgehead atoms. The second-order valence-corrected chi connectivity index (χ2v) is 7.53. The maximum absolute atomic E-state index is 13.4. The third kappa shape index (κ3) is 2.84. The molecule has 1 aliphatic rings. The highest BCUT2D eigenvalue weighted by Crippen LogP contribution is 2.45. The van der Waals surface area contributed by atoms with Crippen LogP contribution in [0.2, 0.25) is 0 Å². The number of benzene rings is 3. The summed E-state index contributed by atoms with van der Waals surface area (Å²) in [6, 6.07) is 22.2. The van der Waals surface area contributed by atoms with Crippen molar-refractivity contribution in [2.75, 3.05) is 0 Å². The molecule has 0 atom stereocenters. The third-order valence-electron chi connectivity index (χ3n) is 6.12. The Morgan fingerprint density at radius 3 is 1.81 bits per heavy atom. The van der Waals surface area contributed by atoms with E-state index in [0.29, 0.717) is 0 Å². The summed E-state index contributed by atoms with van der Waals surface area (Å²) in [7, 11) is 0. The molecule has 0 saturated heterocycles. The molecule has 1 heteroatoms. The van der Waals surface area contributed by atoms with Gasteiger partial charge in [0.05, 0.1) is 0 Å². The largest absolute Gasteiger partial charge is 0.289 e. The van der Waals surface area contributed by atoms with E-state index in [2.05, 4.69) is 58.0 Å². The smallest absolute Gasteiger partial charge is 0.193 e. The summed E-state index contributed by atoms with van der Waals surface area (Å²) in [5.74, 6) is 0.274. The molecule has 3 aromatic rings. The molecule has 1 nitrogen and oxygen atoms in total. The number of carbonyl (C=O) groups excluding carboxylic acids is 1. The van der Waals surface area contributed by atoms with Gasteiger partial charge >= 0.3 is 0 Å². The van der Waals surface area contributed by atoms with Gasteiger partial charge in [-0.25, -0.2) is 0 Å². The standard InChI is InChI=1S/C26H24O/c1-16-17(2)19(4)25(18(16)3)23-14-21-12-8-9-13-22(21)15-24(23)26(27)20-10-6-5-7-11-20/h5-15,25H,1-4H3. The summed E-state index contributed by atoms with van der Waals surface area (Å²) >= 11 is 0. The molecule has 0 aromatic heterocycles. The van der Waals surface area contributed by atoms with E-state index in [1.54, 1.807) is 0 Å². The molecule has 0 saturated carbocycles. The number of ketones is 1. The normalized spacial score (nSPS) is 15.1. The Bertz CT molecular complexity index is 1090. The van der Waals surface area contributed by atoms with Crippen LogP contribution in [0.25, 0.3) is 10.8 Å². The number of fused-ring (bicyclic) bond motifs is 1. The number of hydrogen-bond donors (Lipinski definition) is 0. The highest BCUT2D eigenvalue weighted by atomic mass is 16.1. The predicted octanol–water partition coefficient (Wildman–Crippen LogP) is 6.84. The summed E-state index contributed by atoms with van der Waals surface area (Å²) in [5, 5.41) is 2.29. The Labute approximate surface area is 161 Å². The Balaban J connectivity index is 1.98. The molecule has 0 unspecified atom stereocenters. The molecule has 0 radical (unpaired) electrons. The lowest BCUT2D eigenvalue weighted by molar-refractivity contribution is 0.103. The number of hydrogen-bond acceptors (Lipinski definition) is 1. The Kier molecular flexibility index (Phi) is 4.31. The second-order valence-electron chi connectivity index (χ2n) is 7.53. The molecule has 0 heterocycles. The van der Waals surface area contributed by atoms with Gasteiger partial charge in [0.25, 0.3) is 0 Å². The van der Waals surface area contributed by atoms with Gasteiger partial charge in [-0.2, -0.15) is 0 Å². The first-order valence-corrected chi connectivity index (χ1v) is 9.46. The van der Waals surface area contributed by atoms with Crippen LogP contribution in [0.5, 0.6) is 0 Å². The average Bonchev–Trinajstić information content (AvgIpc) is 2.90. The van der Waals surface area contributed by atoms with Crippen molar-refractivity contribution in [1.29, 1.82) is 0 Å². The number of rotatable bonds is 3. The van der Waals surface area contributed by atoms with Crippen molar-refractivity contribution in [3.8, 4) is 0 Å². The minimum absolute atomic E-state index is 0.0964. The summed E-state index contributed by atoms with van der Waals surface area (Å²) in [6.45, 7) is 8.78. The van der Waals surface area contributed by atoms with Crippen molar-refractivity contribution in [1.82, 2.24) is 0 Å². The highest BCUT2D eigenvalue weighted by molar-refractivity contribution is 6.12. The van der Waals surface area contributed by atoms with E-state index in [1.807, 2.05) is 36.4 Å². The van der Waals surface area contributed by atoms with Gasteiger partial charge in [-0.1, -0.05) is 65.7 Å². The van der Waals surface area contributed by atoms with Gasteiger partial charge < -0.3 is 0 Å². The van der Waals surface area contributed by atoms with Gasteiger partial charge in [-0.05, 0) is 67.3 Å². The second kappa shape index (κ2) is 6.66. The van der Waals surface area contributed by atoms with Gasteiger partial charge in [0, 0.05) is 17.0 Å². The Morgan fingerprint density at radius 1 is 0.704 bits per heavy atom. The monoisotopic (exact) mass is 352 g/mol. The first-order chi connectivity index (χ1) is 13.0. The van der Waals surface area contributed by atoms with Crippen LogP contribution in [0.3, 0.4) is 0 Å². The molecule has 27 heavy (non-hydrogen) atoms. The van der Waals surface area contributed by atoms with Crippen LogP contribution in [0, 0.1) is 0 Å². The molecule has 4 rings (SSSR count). The van der Waals surface area contributed by atoms with Crippen molar-refractivity contribution in [2.24, 2.45) is 0 Å². The summed E-state index contributed by atoms with van der Waals surface area (Å²) in [5.41, 5.74) is 8.07. The minimum atomic E-state index is 0.0964. The van der Waals surface area contributed by atoms with Gasteiger partial charge in [0.15, 0.2) is 5.78 Å². The fraction of sp³-hybridized carbons (Fsp3) is 0.192. The molecule has 0 spiro atoms. The van der Waals surface area contributed by atoms with E-state index in [4.69, 9.17) is 0 Å². The molecule has 0 amide bonds. The van der Waals surface area contributed by atoms with E-state index in [-0.39, 0.29) is 11.7 Å². The van der Waals surface area contributed by atoms with E-state index in [1.165, 1.54) is 27.7 Å². The summed E-state index contributed by atoms with van der Waals surface area (Å²) < 4.78 is 0. The molecule has 0 fully saturated rings. The Hall–Kier alpha value is -2.93. The molecular formula is C26H24O. The summed E-state index contributed by atoms with van der Waals surface area (Å²) in [6.07, 6.45) is 0. The number of carbonyl (C=O) groups is 1. The molecule has 3 aromatic carbocycles. The zero-order valence-electron chi connectivity index (χ0n) is 16.3. The fourth-order valence-electron chi connectivity index (χ4n) is 4.25. The molecule has 1 aliphatic carbocycles. The van der Waals surface area contributed by atoms with Crippen LogP contribution in [0.15, 0.2) is 89.0 Å². The quantitative estimate of drug-likeness (QED) is 0.472. The van der Waals surface area contributed by atoms with E-state index >= 15 is 0 Å². The van der Waals surface area contributed by atoms with Crippen LogP contribution in [-0.2, 0) is 0 Å².